The zero-order valence-corrected chi connectivity index (χ0v) is 23.4. The summed E-state index contributed by atoms with van der Waals surface area (Å²) in [5.74, 6) is -0.586. The molecule has 0 bridgehead atoms. The van der Waals surface area contributed by atoms with Gasteiger partial charge in [-0.15, -0.1) is 11.8 Å². The van der Waals surface area contributed by atoms with Gasteiger partial charge in [0.25, 0.3) is 5.91 Å². The third-order valence-electron chi connectivity index (χ3n) is 6.75. The molecule has 1 aliphatic rings. The van der Waals surface area contributed by atoms with Crippen molar-refractivity contribution in [3.8, 4) is 11.1 Å². The summed E-state index contributed by atoms with van der Waals surface area (Å²) in [5.41, 5.74) is 4.54. The number of hydrogen-bond donors (Lipinski definition) is 3. The summed E-state index contributed by atoms with van der Waals surface area (Å²) < 4.78 is 25.5. The molecule has 3 aromatic carbocycles. The number of carbonyl (C=O) groups excluding carboxylic acids is 1. The maximum atomic E-state index is 12.7. The molecule has 1 atom stereocenters. The number of aliphatic hydroxyl groups excluding tert-OH is 1. The first-order valence-corrected chi connectivity index (χ1v) is 15.9. The molecule has 38 heavy (non-hydrogen) atoms. The van der Waals surface area contributed by atoms with E-state index >= 15 is 0 Å². The summed E-state index contributed by atoms with van der Waals surface area (Å²) in [6, 6.07) is 23.6. The number of amides is 1. The number of sulfonamides is 1. The Morgan fingerprint density at radius 3 is 2.34 bits per heavy atom. The average molecular weight is 553 g/mol. The van der Waals surface area contributed by atoms with E-state index in [1.165, 1.54) is 24.8 Å². The van der Waals surface area contributed by atoms with E-state index < -0.39 is 22.0 Å². The third kappa shape index (κ3) is 8.43. The van der Waals surface area contributed by atoms with Crippen LogP contribution in [0.4, 0.5) is 0 Å². The van der Waals surface area contributed by atoms with E-state index in [-0.39, 0.29) is 0 Å². The molecule has 0 radical (unpaired) electrons. The predicted molar refractivity (Wildman–Crippen MR) is 155 cm³/mol. The predicted octanol–water partition coefficient (Wildman–Crippen LogP) is 5.33. The highest BCUT2D eigenvalue weighted by Gasteiger charge is 2.21. The number of nitrogens with one attached hydrogen (secondary N) is 2. The highest BCUT2D eigenvalue weighted by atomic mass is 32.2. The van der Waals surface area contributed by atoms with Gasteiger partial charge in [0, 0.05) is 16.7 Å². The van der Waals surface area contributed by atoms with Crippen molar-refractivity contribution in [2.24, 2.45) is 0 Å². The zero-order chi connectivity index (χ0) is 27.0. The topological polar surface area (TPSA) is 95.5 Å². The van der Waals surface area contributed by atoms with Gasteiger partial charge < -0.3 is 10.4 Å². The van der Waals surface area contributed by atoms with Crippen LogP contribution in [0.3, 0.4) is 0 Å². The highest BCUT2D eigenvalue weighted by Crippen LogP contribution is 2.37. The Kier molecular flexibility index (Phi) is 10.0. The summed E-state index contributed by atoms with van der Waals surface area (Å²) in [4.78, 5) is 13.6. The molecule has 0 saturated heterocycles. The normalized spacial score (nSPS) is 15.2. The van der Waals surface area contributed by atoms with Gasteiger partial charge >= 0.3 is 0 Å². The lowest BCUT2D eigenvalue weighted by Crippen LogP contribution is -2.29. The van der Waals surface area contributed by atoms with Crippen molar-refractivity contribution in [3.05, 3.63) is 89.5 Å². The van der Waals surface area contributed by atoms with Gasteiger partial charge in [0.2, 0.25) is 10.0 Å². The summed E-state index contributed by atoms with van der Waals surface area (Å²) in [7, 11) is -3.65. The molecule has 1 saturated carbocycles. The minimum absolute atomic E-state index is 0.398. The van der Waals surface area contributed by atoms with Gasteiger partial charge in [-0.3, -0.25) is 4.79 Å². The standard InChI is InChI=1S/C30H36N2O4S2/c1-38(35,36)32-30(34)27-17-16-25(20-29(27)37-26-10-6-3-7-11-26)23-14-12-22(13-15-23)18-19-31-21-28(33)24-8-4-2-5-9-24/h2,4-5,8-9,12-17,20,26,28,31,33H,3,6-7,10-11,18-19,21H2,1H3,(H,32,34)/t28-/m0/s1. The van der Waals surface area contributed by atoms with Crippen molar-refractivity contribution in [2.45, 2.75) is 54.8 Å². The summed E-state index contributed by atoms with van der Waals surface area (Å²) in [5, 5.41) is 14.1. The number of thioether (sulfide) groups is 1. The number of rotatable bonds is 11. The number of carbonyl (C=O) groups is 1. The molecule has 1 aliphatic carbocycles. The lowest BCUT2D eigenvalue weighted by atomic mass is 10.0. The molecular weight excluding hydrogens is 516 g/mol. The Morgan fingerprint density at radius 1 is 0.974 bits per heavy atom. The van der Waals surface area contributed by atoms with E-state index in [1.807, 2.05) is 42.5 Å². The van der Waals surface area contributed by atoms with Gasteiger partial charge in [0.15, 0.2) is 0 Å². The lowest BCUT2D eigenvalue weighted by Gasteiger charge is -2.22. The number of aliphatic hydroxyl groups is 1. The van der Waals surface area contributed by atoms with Crippen molar-refractivity contribution < 1.29 is 18.3 Å². The molecule has 0 unspecified atom stereocenters. The second-order valence-electron chi connectivity index (χ2n) is 9.87. The first-order valence-electron chi connectivity index (χ1n) is 13.1. The van der Waals surface area contributed by atoms with Crippen LogP contribution in [0.25, 0.3) is 11.1 Å². The quantitative estimate of drug-likeness (QED) is 0.278. The van der Waals surface area contributed by atoms with Crippen LogP contribution in [0.5, 0.6) is 0 Å². The lowest BCUT2D eigenvalue weighted by molar-refractivity contribution is 0.0979. The molecule has 202 valence electrons. The van der Waals surface area contributed by atoms with Gasteiger partial charge in [-0.05, 0) is 60.2 Å². The molecule has 3 N–H and O–H groups in total. The van der Waals surface area contributed by atoms with Gasteiger partial charge in [0.1, 0.15) is 0 Å². The van der Waals surface area contributed by atoms with Crippen molar-refractivity contribution in [1.82, 2.24) is 10.0 Å². The Hall–Kier alpha value is -2.65. The van der Waals surface area contributed by atoms with Crippen molar-refractivity contribution >= 4 is 27.7 Å². The molecule has 0 aromatic heterocycles. The van der Waals surface area contributed by atoms with Crippen LogP contribution in [0.15, 0.2) is 77.7 Å². The van der Waals surface area contributed by atoms with Crippen LogP contribution >= 0.6 is 11.8 Å². The van der Waals surface area contributed by atoms with Gasteiger partial charge in [-0.25, -0.2) is 13.1 Å². The number of hydrogen-bond acceptors (Lipinski definition) is 6. The molecule has 6 nitrogen and oxygen atoms in total. The Bertz CT molecular complexity index is 1310. The fourth-order valence-corrected chi connectivity index (χ4v) is 6.56. The Morgan fingerprint density at radius 2 is 1.66 bits per heavy atom. The minimum atomic E-state index is -3.65. The SMILES string of the molecule is CS(=O)(=O)NC(=O)c1ccc(-c2ccc(CCNC[C@H](O)c3ccccc3)cc2)cc1SC1CCCCC1. The Balaban J connectivity index is 1.41. The first-order chi connectivity index (χ1) is 18.3. The van der Waals surface area contributed by atoms with Gasteiger partial charge in [0.05, 0.1) is 17.9 Å². The molecule has 8 heteroatoms. The molecule has 0 spiro atoms. The molecule has 4 rings (SSSR count). The smallest absolute Gasteiger partial charge is 0.265 e. The van der Waals surface area contributed by atoms with E-state index in [0.29, 0.717) is 17.4 Å². The van der Waals surface area contributed by atoms with Crippen molar-refractivity contribution in [2.75, 3.05) is 19.3 Å². The van der Waals surface area contributed by atoms with E-state index in [0.717, 1.165) is 53.6 Å². The Labute approximate surface area is 230 Å². The summed E-state index contributed by atoms with van der Waals surface area (Å²) in [6.07, 6.45) is 7.13. The van der Waals surface area contributed by atoms with Crippen LogP contribution in [0.2, 0.25) is 0 Å². The summed E-state index contributed by atoms with van der Waals surface area (Å²) >= 11 is 1.69. The maximum Gasteiger partial charge on any atom is 0.265 e. The average Bonchev–Trinajstić information content (AvgIpc) is 2.91. The van der Waals surface area contributed by atoms with E-state index in [1.54, 1.807) is 17.8 Å². The first kappa shape index (κ1) is 28.4. The fraction of sp³-hybridized carbons (Fsp3) is 0.367. The molecule has 3 aromatic rings. The zero-order valence-electron chi connectivity index (χ0n) is 21.7. The van der Waals surface area contributed by atoms with Crippen LogP contribution < -0.4 is 10.0 Å². The maximum absolute atomic E-state index is 12.7. The summed E-state index contributed by atoms with van der Waals surface area (Å²) in [6.45, 7) is 1.26. The van der Waals surface area contributed by atoms with E-state index in [2.05, 4.69) is 34.3 Å². The van der Waals surface area contributed by atoms with E-state index in [9.17, 15) is 18.3 Å². The molecule has 1 amide bonds. The number of benzene rings is 3. The molecule has 0 aliphatic heterocycles. The fourth-order valence-electron chi connectivity index (χ4n) is 4.70. The van der Waals surface area contributed by atoms with Crippen LogP contribution in [-0.2, 0) is 16.4 Å². The van der Waals surface area contributed by atoms with Gasteiger partial charge in [-0.1, -0.05) is 79.9 Å². The second-order valence-corrected chi connectivity index (χ2v) is 13.0. The van der Waals surface area contributed by atoms with E-state index in [4.69, 9.17) is 0 Å². The molecule has 0 heterocycles. The highest BCUT2D eigenvalue weighted by molar-refractivity contribution is 8.00. The van der Waals surface area contributed by atoms with Crippen molar-refractivity contribution in [1.29, 1.82) is 0 Å². The van der Waals surface area contributed by atoms with Crippen LogP contribution in [0, 0.1) is 0 Å². The largest absolute Gasteiger partial charge is 0.387 e. The minimum Gasteiger partial charge on any atom is -0.387 e. The molecular formula is C30H36N2O4S2. The monoisotopic (exact) mass is 552 g/mol. The molecule has 1 fully saturated rings. The third-order valence-corrected chi connectivity index (χ3v) is 8.70. The van der Waals surface area contributed by atoms with Crippen molar-refractivity contribution in [3.63, 3.8) is 0 Å². The second kappa shape index (κ2) is 13.4. The van der Waals surface area contributed by atoms with Crippen LogP contribution in [-0.4, -0.2) is 44.0 Å². The van der Waals surface area contributed by atoms with Crippen LogP contribution in [0.1, 0.15) is 59.7 Å². The van der Waals surface area contributed by atoms with Gasteiger partial charge in [-0.2, -0.15) is 0 Å².